The van der Waals surface area contributed by atoms with E-state index in [0.717, 1.165) is 44.1 Å². The minimum atomic E-state index is 0.652. The minimum Gasteiger partial charge on any atom is -0.494 e. The molecule has 0 atom stereocenters. The third-order valence-electron chi connectivity index (χ3n) is 4.26. The summed E-state index contributed by atoms with van der Waals surface area (Å²) in [6.45, 7) is 4.05. The average Bonchev–Trinajstić information content (AvgIpc) is 3.14. The molecular formula is C21H27N5O2. The Balaban J connectivity index is 1.29. The third kappa shape index (κ3) is 5.97. The fourth-order valence-electron chi connectivity index (χ4n) is 2.83. The standard InChI is InChI=1S/C21H27N5O2/c1-16-25-20(28-26-16)9-5-12-23-21(22-2)24-13-6-14-27-19-11-10-17-7-3-4-8-18(17)15-19/h3-4,7-8,10-11,15H,5-6,9,12-14H2,1-2H3,(H2,22,23,24). The van der Waals surface area contributed by atoms with Gasteiger partial charge in [-0.3, -0.25) is 4.99 Å². The Morgan fingerprint density at radius 3 is 2.61 bits per heavy atom. The van der Waals surface area contributed by atoms with Crippen molar-refractivity contribution >= 4 is 16.7 Å². The molecule has 0 aliphatic rings. The zero-order chi connectivity index (χ0) is 19.6. The SMILES string of the molecule is CN=C(NCCCOc1ccc2ccccc2c1)NCCCc1nc(C)no1. The second-order valence-electron chi connectivity index (χ2n) is 6.48. The summed E-state index contributed by atoms with van der Waals surface area (Å²) in [5, 5.41) is 12.8. The van der Waals surface area contributed by atoms with Gasteiger partial charge in [-0.1, -0.05) is 35.5 Å². The molecule has 148 valence electrons. The van der Waals surface area contributed by atoms with Crippen molar-refractivity contribution in [2.24, 2.45) is 4.99 Å². The van der Waals surface area contributed by atoms with Crippen molar-refractivity contribution in [1.29, 1.82) is 0 Å². The number of nitrogens with zero attached hydrogens (tertiary/aromatic N) is 3. The molecule has 0 bridgehead atoms. The molecule has 1 heterocycles. The first-order valence-electron chi connectivity index (χ1n) is 9.60. The number of aliphatic imine (C=N–C) groups is 1. The molecule has 0 spiro atoms. The summed E-state index contributed by atoms with van der Waals surface area (Å²) >= 11 is 0. The van der Waals surface area contributed by atoms with E-state index in [4.69, 9.17) is 9.26 Å². The predicted molar refractivity (Wildman–Crippen MR) is 111 cm³/mol. The molecule has 0 amide bonds. The van der Waals surface area contributed by atoms with Crippen LogP contribution < -0.4 is 15.4 Å². The number of nitrogens with one attached hydrogen (secondary N) is 2. The normalized spacial score (nSPS) is 11.6. The first-order chi connectivity index (χ1) is 13.7. The van der Waals surface area contributed by atoms with Crippen molar-refractivity contribution in [2.45, 2.75) is 26.2 Å². The van der Waals surface area contributed by atoms with Gasteiger partial charge in [0.2, 0.25) is 5.89 Å². The average molecular weight is 381 g/mol. The maximum Gasteiger partial charge on any atom is 0.226 e. The summed E-state index contributed by atoms with van der Waals surface area (Å²) < 4.78 is 11.0. The highest BCUT2D eigenvalue weighted by Crippen LogP contribution is 2.20. The Kier molecular flexibility index (Phi) is 7.23. The van der Waals surface area contributed by atoms with Gasteiger partial charge in [-0.15, -0.1) is 0 Å². The van der Waals surface area contributed by atoms with Crippen molar-refractivity contribution in [1.82, 2.24) is 20.8 Å². The molecule has 3 rings (SSSR count). The summed E-state index contributed by atoms with van der Waals surface area (Å²) in [6.07, 6.45) is 2.53. The number of benzene rings is 2. The molecule has 0 unspecified atom stereocenters. The monoisotopic (exact) mass is 381 g/mol. The van der Waals surface area contributed by atoms with Crippen LogP contribution in [0.25, 0.3) is 10.8 Å². The van der Waals surface area contributed by atoms with Crippen LogP contribution in [0.15, 0.2) is 52.0 Å². The number of ether oxygens (including phenoxy) is 1. The highest BCUT2D eigenvalue weighted by Gasteiger charge is 2.03. The molecule has 7 heteroatoms. The van der Waals surface area contributed by atoms with Crippen LogP contribution in [-0.2, 0) is 6.42 Å². The lowest BCUT2D eigenvalue weighted by Crippen LogP contribution is -2.38. The fourth-order valence-corrected chi connectivity index (χ4v) is 2.83. The van der Waals surface area contributed by atoms with Crippen LogP contribution in [-0.4, -0.2) is 42.8 Å². The molecule has 2 aromatic carbocycles. The van der Waals surface area contributed by atoms with E-state index in [0.29, 0.717) is 18.3 Å². The van der Waals surface area contributed by atoms with Crippen LogP contribution >= 0.6 is 0 Å². The topological polar surface area (TPSA) is 84.6 Å². The van der Waals surface area contributed by atoms with E-state index in [2.05, 4.69) is 50.0 Å². The van der Waals surface area contributed by atoms with Gasteiger partial charge in [-0.05, 0) is 42.7 Å². The third-order valence-corrected chi connectivity index (χ3v) is 4.26. The number of rotatable bonds is 9. The first kappa shape index (κ1) is 19.7. The Morgan fingerprint density at radius 2 is 1.86 bits per heavy atom. The molecule has 0 aliphatic carbocycles. The maximum atomic E-state index is 5.86. The lowest BCUT2D eigenvalue weighted by molar-refractivity contribution is 0.311. The molecule has 7 nitrogen and oxygen atoms in total. The molecule has 0 fully saturated rings. The molecule has 28 heavy (non-hydrogen) atoms. The smallest absolute Gasteiger partial charge is 0.226 e. The first-order valence-corrected chi connectivity index (χ1v) is 9.60. The second kappa shape index (κ2) is 10.3. The number of fused-ring (bicyclic) bond motifs is 1. The Labute approximate surface area is 165 Å². The minimum absolute atomic E-state index is 0.652. The van der Waals surface area contributed by atoms with Crippen molar-refractivity contribution in [2.75, 3.05) is 26.7 Å². The second-order valence-corrected chi connectivity index (χ2v) is 6.48. The van der Waals surface area contributed by atoms with Crippen molar-refractivity contribution in [3.63, 3.8) is 0 Å². The number of hydrogen-bond acceptors (Lipinski definition) is 5. The van der Waals surface area contributed by atoms with E-state index < -0.39 is 0 Å². The molecular weight excluding hydrogens is 354 g/mol. The van der Waals surface area contributed by atoms with Gasteiger partial charge in [0.15, 0.2) is 11.8 Å². The van der Waals surface area contributed by atoms with Crippen LogP contribution in [0.4, 0.5) is 0 Å². The maximum absolute atomic E-state index is 5.86. The summed E-state index contributed by atoms with van der Waals surface area (Å²) in [5.74, 6) is 3.03. The van der Waals surface area contributed by atoms with Gasteiger partial charge < -0.3 is 19.9 Å². The molecule has 0 radical (unpaired) electrons. The van der Waals surface area contributed by atoms with Crippen LogP contribution in [0, 0.1) is 6.92 Å². The van der Waals surface area contributed by atoms with Gasteiger partial charge >= 0.3 is 0 Å². The summed E-state index contributed by atoms with van der Waals surface area (Å²) in [4.78, 5) is 8.42. The van der Waals surface area contributed by atoms with Gasteiger partial charge in [0.1, 0.15) is 5.75 Å². The highest BCUT2D eigenvalue weighted by molar-refractivity contribution is 5.83. The van der Waals surface area contributed by atoms with Crippen LogP contribution in [0.2, 0.25) is 0 Å². The van der Waals surface area contributed by atoms with Crippen molar-refractivity contribution < 1.29 is 9.26 Å². The van der Waals surface area contributed by atoms with Gasteiger partial charge in [0.25, 0.3) is 0 Å². The largest absolute Gasteiger partial charge is 0.494 e. The predicted octanol–water partition coefficient (Wildman–Crippen LogP) is 3.10. The van der Waals surface area contributed by atoms with Crippen LogP contribution in [0.5, 0.6) is 5.75 Å². The zero-order valence-corrected chi connectivity index (χ0v) is 16.4. The van der Waals surface area contributed by atoms with E-state index in [1.54, 1.807) is 7.05 Å². The lowest BCUT2D eigenvalue weighted by atomic mass is 10.1. The van der Waals surface area contributed by atoms with Crippen LogP contribution in [0.3, 0.4) is 0 Å². The van der Waals surface area contributed by atoms with Crippen LogP contribution in [0.1, 0.15) is 24.6 Å². The van der Waals surface area contributed by atoms with Gasteiger partial charge in [-0.25, -0.2) is 0 Å². The van der Waals surface area contributed by atoms with E-state index in [1.165, 1.54) is 10.8 Å². The Morgan fingerprint density at radius 1 is 1.07 bits per heavy atom. The molecule has 0 saturated heterocycles. The number of guanidine groups is 1. The van der Waals surface area contributed by atoms with E-state index >= 15 is 0 Å². The quantitative estimate of drug-likeness (QED) is 0.337. The highest BCUT2D eigenvalue weighted by atomic mass is 16.5. The van der Waals surface area contributed by atoms with Crippen molar-refractivity contribution in [3.8, 4) is 5.75 Å². The van der Waals surface area contributed by atoms with Gasteiger partial charge in [0, 0.05) is 26.6 Å². The number of aryl methyl sites for hydroxylation is 2. The Bertz CT molecular complexity index is 906. The lowest BCUT2D eigenvalue weighted by Gasteiger charge is -2.12. The van der Waals surface area contributed by atoms with E-state index in [1.807, 2.05) is 25.1 Å². The number of hydrogen-bond donors (Lipinski definition) is 2. The Hall–Kier alpha value is -3.09. The molecule has 0 saturated carbocycles. The van der Waals surface area contributed by atoms with Gasteiger partial charge in [-0.2, -0.15) is 4.98 Å². The summed E-state index contributed by atoms with van der Waals surface area (Å²) in [5.41, 5.74) is 0. The van der Waals surface area contributed by atoms with E-state index in [-0.39, 0.29) is 0 Å². The molecule has 0 aliphatic heterocycles. The van der Waals surface area contributed by atoms with Crippen molar-refractivity contribution in [3.05, 3.63) is 54.2 Å². The number of aromatic nitrogens is 2. The fraction of sp³-hybridized carbons (Fsp3) is 0.381. The molecule has 2 N–H and O–H groups in total. The summed E-state index contributed by atoms with van der Waals surface area (Å²) in [6, 6.07) is 14.5. The van der Waals surface area contributed by atoms with E-state index in [9.17, 15) is 0 Å². The molecule has 3 aromatic rings. The zero-order valence-electron chi connectivity index (χ0n) is 16.4. The van der Waals surface area contributed by atoms with Gasteiger partial charge in [0.05, 0.1) is 6.61 Å². The summed E-state index contributed by atoms with van der Waals surface area (Å²) in [7, 11) is 1.77. The molecule has 1 aromatic heterocycles.